The van der Waals surface area contributed by atoms with E-state index < -0.39 is 0 Å². The van der Waals surface area contributed by atoms with Crippen molar-refractivity contribution in [2.24, 2.45) is 0 Å². The van der Waals surface area contributed by atoms with E-state index in [9.17, 15) is 0 Å². The average molecular weight is 277 g/mol. The van der Waals surface area contributed by atoms with Gasteiger partial charge in [0, 0.05) is 23.9 Å². The van der Waals surface area contributed by atoms with Gasteiger partial charge in [0.2, 0.25) is 0 Å². The first-order chi connectivity index (χ1) is 9.33. The van der Waals surface area contributed by atoms with Gasteiger partial charge in [-0.15, -0.1) is 0 Å². The van der Waals surface area contributed by atoms with Crippen molar-refractivity contribution in [2.45, 2.75) is 32.4 Å². The molecule has 1 unspecified atom stereocenters. The summed E-state index contributed by atoms with van der Waals surface area (Å²) in [5, 5.41) is 10.8. The lowest BCUT2D eigenvalue weighted by Crippen LogP contribution is -2.33. The molecule has 1 aliphatic heterocycles. The Kier molecular flexibility index (Phi) is 3.94. The van der Waals surface area contributed by atoms with E-state index in [-0.39, 0.29) is 0 Å². The minimum absolute atomic E-state index is 0.625. The molecule has 0 saturated carbocycles. The topological polar surface area (TPSA) is 53.9 Å². The van der Waals surface area contributed by atoms with Crippen molar-refractivity contribution in [3.63, 3.8) is 0 Å². The summed E-state index contributed by atoms with van der Waals surface area (Å²) in [7, 11) is 0. The Morgan fingerprint density at radius 1 is 1.53 bits per heavy atom. The molecular weight excluding hydrogens is 258 g/mol. The Morgan fingerprint density at radius 2 is 2.47 bits per heavy atom. The smallest absolute Gasteiger partial charge is 0.152 e. The highest BCUT2D eigenvalue weighted by molar-refractivity contribution is 7.99. The largest absolute Gasteiger partial charge is 0.460 e. The highest BCUT2D eigenvalue weighted by atomic mass is 32.2. The fraction of sp³-hybridized carbons (Fsp3) is 0.500. The Bertz CT molecular complexity index is 528. The molecule has 1 fully saturated rings. The number of aryl methyl sites for hydroxylation is 1. The third-order valence-corrected chi connectivity index (χ3v) is 4.66. The van der Waals surface area contributed by atoms with E-state index in [0.29, 0.717) is 6.04 Å². The van der Waals surface area contributed by atoms with Crippen molar-refractivity contribution >= 4 is 11.8 Å². The number of thioether (sulfide) groups is 1. The molecule has 0 amide bonds. The number of hydrogen-bond acceptors (Lipinski definition) is 4. The van der Waals surface area contributed by atoms with Gasteiger partial charge in [-0.3, -0.25) is 5.10 Å². The summed E-state index contributed by atoms with van der Waals surface area (Å²) >= 11 is 2.04. The van der Waals surface area contributed by atoms with E-state index in [2.05, 4.69) is 15.5 Å². The van der Waals surface area contributed by atoms with Crippen LogP contribution in [0.25, 0.3) is 11.5 Å². The summed E-state index contributed by atoms with van der Waals surface area (Å²) in [6.07, 6.45) is 4.48. The molecule has 19 heavy (non-hydrogen) atoms. The second kappa shape index (κ2) is 5.84. The van der Waals surface area contributed by atoms with Crippen LogP contribution in [-0.2, 0) is 6.54 Å². The van der Waals surface area contributed by atoms with E-state index >= 15 is 0 Å². The van der Waals surface area contributed by atoms with E-state index in [1.54, 1.807) is 0 Å². The zero-order valence-electron chi connectivity index (χ0n) is 11.1. The zero-order valence-corrected chi connectivity index (χ0v) is 11.9. The number of aromatic amines is 1. The van der Waals surface area contributed by atoms with Crippen molar-refractivity contribution in [3.8, 4) is 11.5 Å². The maximum absolute atomic E-state index is 5.66. The molecule has 4 nitrogen and oxygen atoms in total. The Labute approximate surface area is 117 Å². The van der Waals surface area contributed by atoms with Gasteiger partial charge in [0.1, 0.15) is 11.5 Å². The number of H-pyrrole nitrogens is 1. The fourth-order valence-corrected chi connectivity index (χ4v) is 3.49. The molecular formula is C14H19N3OS. The highest BCUT2D eigenvalue weighted by Gasteiger charge is 2.15. The standard InChI is InChI=1S/C14H19N3OS/c1-10-4-5-13(18-10)14-11(8-16-17-14)7-15-12-3-2-6-19-9-12/h4-5,8,12,15H,2-3,6-7,9H2,1H3,(H,16,17). The normalized spacial score (nSPS) is 19.7. The van der Waals surface area contributed by atoms with Crippen LogP contribution in [0.4, 0.5) is 0 Å². The van der Waals surface area contributed by atoms with Gasteiger partial charge in [-0.2, -0.15) is 16.9 Å². The first kappa shape index (κ1) is 12.8. The number of nitrogens with zero attached hydrogens (tertiary/aromatic N) is 1. The molecule has 1 atom stereocenters. The Balaban J connectivity index is 1.66. The van der Waals surface area contributed by atoms with Crippen LogP contribution in [0.2, 0.25) is 0 Å². The molecule has 3 rings (SSSR count). The van der Waals surface area contributed by atoms with Crippen LogP contribution in [0.3, 0.4) is 0 Å². The van der Waals surface area contributed by atoms with E-state index in [0.717, 1.165) is 23.8 Å². The highest BCUT2D eigenvalue weighted by Crippen LogP contribution is 2.24. The van der Waals surface area contributed by atoms with Crippen LogP contribution in [0, 0.1) is 6.92 Å². The molecule has 2 N–H and O–H groups in total. The second-order valence-electron chi connectivity index (χ2n) is 4.98. The Morgan fingerprint density at radius 3 is 3.21 bits per heavy atom. The van der Waals surface area contributed by atoms with Gasteiger partial charge >= 0.3 is 0 Å². The molecule has 5 heteroatoms. The van der Waals surface area contributed by atoms with Gasteiger partial charge in [0.25, 0.3) is 0 Å². The summed E-state index contributed by atoms with van der Waals surface area (Å²) < 4.78 is 5.66. The lowest BCUT2D eigenvalue weighted by molar-refractivity contribution is 0.506. The number of furan rings is 1. The summed E-state index contributed by atoms with van der Waals surface area (Å²) in [6, 6.07) is 4.59. The maximum Gasteiger partial charge on any atom is 0.152 e. The predicted octanol–water partition coefficient (Wildman–Crippen LogP) is 2.96. The van der Waals surface area contributed by atoms with Gasteiger partial charge in [-0.1, -0.05) is 0 Å². The molecule has 1 aliphatic rings. The van der Waals surface area contributed by atoms with Gasteiger partial charge in [0.15, 0.2) is 5.76 Å². The SMILES string of the molecule is Cc1ccc(-c2[nH]ncc2CNC2CCCSC2)o1. The van der Waals surface area contributed by atoms with Crippen molar-refractivity contribution in [3.05, 3.63) is 29.7 Å². The third-order valence-electron chi connectivity index (χ3n) is 3.45. The van der Waals surface area contributed by atoms with Gasteiger partial charge in [0.05, 0.1) is 6.20 Å². The van der Waals surface area contributed by atoms with Gasteiger partial charge in [-0.25, -0.2) is 0 Å². The minimum atomic E-state index is 0.625. The van der Waals surface area contributed by atoms with Crippen LogP contribution in [0.15, 0.2) is 22.7 Å². The van der Waals surface area contributed by atoms with Crippen molar-refractivity contribution in [1.82, 2.24) is 15.5 Å². The van der Waals surface area contributed by atoms with E-state index in [1.165, 1.54) is 29.9 Å². The lowest BCUT2D eigenvalue weighted by Gasteiger charge is -2.22. The lowest BCUT2D eigenvalue weighted by atomic mass is 10.1. The predicted molar refractivity (Wildman–Crippen MR) is 78.2 cm³/mol. The second-order valence-corrected chi connectivity index (χ2v) is 6.13. The zero-order chi connectivity index (χ0) is 13.1. The monoisotopic (exact) mass is 277 g/mol. The quantitative estimate of drug-likeness (QED) is 0.902. The van der Waals surface area contributed by atoms with Gasteiger partial charge in [-0.05, 0) is 37.7 Å². The van der Waals surface area contributed by atoms with Crippen molar-refractivity contribution in [2.75, 3.05) is 11.5 Å². The molecule has 1 saturated heterocycles. The summed E-state index contributed by atoms with van der Waals surface area (Å²) in [5.41, 5.74) is 2.16. The molecule has 3 heterocycles. The van der Waals surface area contributed by atoms with Gasteiger partial charge < -0.3 is 9.73 Å². The summed E-state index contributed by atoms with van der Waals surface area (Å²) in [4.78, 5) is 0. The van der Waals surface area contributed by atoms with Crippen molar-refractivity contribution < 1.29 is 4.42 Å². The molecule has 102 valence electrons. The number of aromatic nitrogens is 2. The summed E-state index contributed by atoms with van der Waals surface area (Å²) in [6.45, 7) is 2.80. The van der Waals surface area contributed by atoms with E-state index in [4.69, 9.17) is 4.42 Å². The third kappa shape index (κ3) is 3.04. The first-order valence-corrected chi connectivity index (χ1v) is 7.88. The molecule has 0 bridgehead atoms. The molecule has 0 radical (unpaired) electrons. The number of rotatable bonds is 4. The fourth-order valence-electron chi connectivity index (χ4n) is 2.38. The van der Waals surface area contributed by atoms with Crippen LogP contribution in [0.5, 0.6) is 0 Å². The Hall–Kier alpha value is -1.20. The average Bonchev–Trinajstić information content (AvgIpc) is 3.06. The maximum atomic E-state index is 5.66. The van der Waals surface area contributed by atoms with Crippen LogP contribution >= 0.6 is 11.8 Å². The molecule has 2 aromatic rings. The van der Waals surface area contributed by atoms with Crippen LogP contribution < -0.4 is 5.32 Å². The molecule has 0 aromatic carbocycles. The van der Waals surface area contributed by atoms with Crippen molar-refractivity contribution in [1.29, 1.82) is 0 Å². The molecule has 0 spiro atoms. The van der Waals surface area contributed by atoms with Crippen LogP contribution in [0.1, 0.15) is 24.2 Å². The number of hydrogen-bond donors (Lipinski definition) is 2. The first-order valence-electron chi connectivity index (χ1n) is 6.73. The minimum Gasteiger partial charge on any atom is -0.460 e. The van der Waals surface area contributed by atoms with Crippen LogP contribution in [-0.4, -0.2) is 27.7 Å². The van der Waals surface area contributed by atoms with E-state index in [1.807, 2.05) is 37.0 Å². The number of nitrogens with one attached hydrogen (secondary N) is 2. The molecule has 0 aliphatic carbocycles. The molecule has 2 aromatic heterocycles. The summed E-state index contributed by atoms with van der Waals surface area (Å²) in [5.74, 6) is 4.31.